The number of aryl methyl sites for hydroxylation is 1. The van der Waals surface area contributed by atoms with Crippen molar-refractivity contribution in [1.82, 2.24) is 18.9 Å². The van der Waals surface area contributed by atoms with Gasteiger partial charge in [-0.2, -0.15) is 0 Å². The van der Waals surface area contributed by atoms with Crippen LogP contribution in [0.4, 0.5) is 0 Å². The van der Waals surface area contributed by atoms with E-state index in [4.69, 9.17) is 16.3 Å². The molecule has 0 N–H and O–H groups in total. The number of carbonyl (C=O) groups is 2. The van der Waals surface area contributed by atoms with Crippen LogP contribution in [0.5, 0.6) is 0 Å². The maximum Gasteiger partial charge on any atom is 0.341 e. The number of para-hydroxylation sites is 1. The molecule has 3 aromatic heterocycles. The van der Waals surface area contributed by atoms with Crippen LogP contribution in [0.1, 0.15) is 37.8 Å². The molecule has 0 atom stereocenters. The summed E-state index contributed by atoms with van der Waals surface area (Å²) in [5.41, 5.74) is 3.50. The average molecular weight is 479 g/mol. The van der Waals surface area contributed by atoms with Crippen LogP contribution in [-0.4, -0.2) is 37.3 Å². The number of esters is 1. The number of ether oxygens (including phenoxy) is 1. The third-order valence-electron chi connectivity index (χ3n) is 5.79. The summed E-state index contributed by atoms with van der Waals surface area (Å²) in [6.07, 6.45) is 1.45. The van der Waals surface area contributed by atoms with Crippen LogP contribution in [0.2, 0.25) is 5.15 Å². The summed E-state index contributed by atoms with van der Waals surface area (Å²) in [6.45, 7) is 4.98. The highest BCUT2D eigenvalue weighted by molar-refractivity contribution is 6.32. The lowest BCUT2D eigenvalue weighted by molar-refractivity contribution is 0.0474. The molecule has 0 saturated heterocycles. The SMILES string of the molecule is Cc1cc(C(=O)COC(=O)c2cccnc2Cl)c(C)n1-c1c(C)n(C)n(-c2ccccc2)c1=O. The third kappa shape index (κ3) is 3.97. The number of aromatic nitrogens is 4. The minimum atomic E-state index is -0.732. The van der Waals surface area contributed by atoms with Crippen molar-refractivity contribution in [3.8, 4) is 11.4 Å². The number of benzene rings is 1. The molecule has 0 fully saturated rings. The van der Waals surface area contributed by atoms with Crippen LogP contribution in [-0.2, 0) is 11.8 Å². The second kappa shape index (κ2) is 9.15. The Morgan fingerprint density at radius 2 is 1.71 bits per heavy atom. The van der Waals surface area contributed by atoms with Gasteiger partial charge in [-0.3, -0.25) is 14.3 Å². The molecule has 3 heterocycles. The van der Waals surface area contributed by atoms with Gasteiger partial charge in [0.25, 0.3) is 5.56 Å². The minimum absolute atomic E-state index is 0.00683. The van der Waals surface area contributed by atoms with E-state index in [9.17, 15) is 14.4 Å². The average Bonchev–Trinajstić information content (AvgIpc) is 3.23. The van der Waals surface area contributed by atoms with E-state index in [1.165, 1.54) is 12.3 Å². The summed E-state index contributed by atoms with van der Waals surface area (Å²) >= 11 is 5.92. The molecule has 34 heavy (non-hydrogen) atoms. The van der Waals surface area contributed by atoms with E-state index < -0.39 is 12.6 Å². The lowest BCUT2D eigenvalue weighted by Gasteiger charge is -2.09. The van der Waals surface area contributed by atoms with Gasteiger partial charge in [-0.15, -0.1) is 0 Å². The number of halogens is 1. The van der Waals surface area contributed by atoms with Gasteiger partial charge in [0.1, 0.15) is 10.8 Å². The molecule has 0 bridgehead atoms. The summed E-state index contributed by atoms with van der Waals surface area (Å²) in [5.74, 6) is -1.12. The fourth-order valence-electron chi connectivity index (χ4n) is 4.03. The van der Waals surface area contributed by atoms with E-state index in [0.717, 1.165) is 11.4 Å². The third-order valence-corrected chi connectivity index (χ3v) is 6.09. The van der Waals surface area contributed by atoms with Gasteiger partial charge in [-0.1, -0.05) is 29.8 Å². The maximum absolute atomic E-state index is 13.4. The minimum Gasteiger partial charge on any atom is -0.454 e. The molecule has 174 valence electrons. The zero-order chi connectivity index (χ0) is 24.6. The predicted molar refractivity (Wildman–Crippen MR) is 128 cm³/mol. The first kappa shape index (κ1) is 23.3. The normalized spacial score (nSPS) is 11.0. The molecule has 4 aromatic rings. The Kier molecular flexibility index (Phi) is 6.26. The molecule has 0 aliphatic carbocycles. The van der Waals surface area contributed by atoms with Gasteiger partial charge in [-0.25, -0.2) is 14.5 Å². The number of Topliss-reactive ketones (excluding diaryl/α,β-unsaturated/α-hetero) is 1. The van der Waals surface area contributed by atoms with Crippen LogP contribution in [0.3, 0.4) is 0 Å². The van der Waals surface area contributed by atoms with Crippen molar-refractivity contribution in [2.75, 3.05) is 6.61 Å². The maximum atomic E-state index is 13.4. The fraction of sp³-hybridized carbons (Fsp3) is 0.200. The first-order chi connectivity index (χ1) is 16.2. The van der Waals surface area contributed by atoms with E-state index in [-0.39, 0.29) is 22.1 Å². The smallest absolute Gasteiger partial charge is 0.341 e. The van der Waals surface area contributed by atoms with Crippen molar-refractivity contribution in [1.29, 1.82) is 0 Å². The highest BCUT2D eigenvalue weighted by Crippen LogP contribution is 2.23. The van der Waals surface area contributed by atoms with Crippen LogP contribution < -0.4 is 5.56 Å². The van der Waals surface area contributed by atoms with E-state index in [0.29, 0.717) is 22.6 Å². The molecule has 9 heteroatoms. The van der Waals surface area contributed by atoms with Crippen molar-refractivity contribution >= 4 is 23.4 Å². The van der Waals surface area contributed by atoms with Gasteiger partial charge in [0.2, 0.25) is 5.78 Å². The number of hydrogen-bond acceptors (Lipinski definition) is 5. The number of nitrogens with zero attached hydrogens (tertiary/aromatic N) is 4. The van der Waals surface area contributed by atoms with E-state index in [2.05, 4.69) is 4.98 Å². The predicted octanol–water partition coefficient (Wildman–Crippen LogP) is 3.98. The van der Waals surface area contributed by atoms with Crippen molar-refractivity contribution in [3.63, 3.8) is 0 Å². The zero-order valence-electron chi connectivity index (χ0n) is 19.2. The molecule has 0 unspecified atom stereocenters. The number of rotatable bonds is 6. The van der Waals surface area contributed by atoms with Crippen molar-refractivity contribution < 1.29 is 14.3 Å². The Morgan fingerprint density at radius 3 is 2.38 bits per heavy atom. The first-order valence-electron chi connectivity index (χ1n) is 10.6. The van der Waals surface area contributed by atoms with Gasteiger partial charge in [0.15, 0.2) is 6.61 Å². The number of ketones is 1. The molecule has 1 aromatic carbocycles. The van der Waals surface area contributed by atoms with Gasteiger partial charge in [0.05, 0.1) is 16.9 Å². The van der Waals surface area contributed by atoms with Gasteiger partial charge in [0, 0.05) is 30.2 Å². The molecule has 0 aliphatic heterocycles. The monoisotopic (exact) mass is 478 g/mol. The second-order valence-electron chi connectivity index (χ2n) is 7.87. The topological polar surface area (TPSA) is 88.1 Å². The van der Waals surface area contributed by atoms with Gasteiger partial charge in [-0.05, 0) is 51.1 Å². The fourth-order valence-corrected chi connectivity index (χ4v) is 4.22. The van der Waals surface area contributed by atoms with Gasteiger partial charge < -0.3 is 9.30 Å². The largest absolute Gasteiger partial charge is 0.454 e. The van der Waals surface area contributed by atoms with Crippen molar-refractivity contribution in [3.05, 3.63) is 98.4 Å². The van der Waals surface area contributed by atoms with E-state index in [1.807, 2.05) is 51.2 Å². The Labute approximate surface area is 201 Å². The Bertz CT molecular complexity index is 1460. The molecule has 0 spiro atoms. The lowest BCUT2D eigenvalue weighted by Crippen LogP contribution is -2.22. The first-order valence-corrected chi connectivity index (χ1v) is 10.9. The Hall–Kier alpha value is -3.91. The molecule has 0 saturated carbocycles. The highest BCUT2D eigenvalue weighted by Gasteiger charge is 2.24. The Morgan fingerprint density at radius 1 is 1.00 bits per heavy atom. The summed E-state index contributed by atoms with van der Waals surface area (Å²) in [6, 6.07) is 14.1. The summed E-state index contributed by atoms with van der Waals surface area (Å²) in [7, 11) is 1.82. The van der Waals surface area contributed by atoms with Crippen molar-refractivity contribution in [2.45, 2.75) is 20.8 Å². The molecule has 0 aliphatic rings. The van der Waals surface area contributed by atoms with E-state index >= 15 is 0 Å². The van der Waals surface area contributed by atoms with Crippen LogP contribution >= 0.6 is 11.6 Å². The molecular weight excluding hydrogens is 456 g/mol. The zero-order valence-corrected chi connectivity index (χ0v) is 20.0. The molecule has 4 rings (SSSR count). The highest BCUT2D eigenvalue weighted by atomic mass is 35.5. The molecular formula is C25H23ClN4O4. The number of carbonyl (C=O) groups excluding carboxylic acids is 2. The quantitative estimate of drug-likeness (QED) is 0.237. The standard InChI is InChI=1S/C25H23ClN4O4/c1-15-13-20(21(31)14-34-25(33)19-11-8-12-27-23(19)26)16(2)29(15)22-17(3)28(4)30(24(22)32)18-9-6-5-7-10-18/h5-13H,14H2,1-4H3. The van der Waals surface area contributed by atoms with Gasteiger partial charge >= 0.3 is 5.97 Å². The van der Waals surface area contributed by atoms with Crippen LogP contribution in [0.25, 0.3) is 11.4 Å². The molecule has 0 radical (unpaired) electrons. The van der Waals surface area contributed by atoms with Crippen LogP contribution in [0.15, 0.2) is 59.5 Å². The van der Waals surface area contributed by atoms with Crippen molar-refractivity contribution in [2.24, 2.45) is 7.05 Å². The number of pyridine rings is 1. The second-order valence-corrected chi connectivity index (χ2v) is 8.23. The molecule has 0 amide bonds. The summed E-state index contributed by atoms with van der Waals surface area (Å²) in [4.78, 5) is 42.5. The summed E-state index contributed by atoms with van der Waals surface area (Å²) < 4.78 is 10.3. The lowest BCUT2D eigenvalue weighted by atomic mass is 10.1. The Balaban J connectivity index is 1.66. The molecule has 8 nitrogen and oxygen atoms in total. The number of hydrogen-bond donors (Lipinski definition) is 0. The van der Waals surface area contributed by atoms with Crippen LogP contribution in [0, 0.1) is 20.8 Å². The summed E-state index contributed by atoms with van der Waals surface area (Å²) in [5, 5.41) is 0.00683. The van der Waals surface area contributed by atoms with E-state index in [1.54, 1.807) is 33.0 Å².